The lowest BCUT2D eigenvalue weighted by atomic mass is 10.3. The first-order valence-electron chi connectivity index (χ1n) is 8.08. The molecular weight excluding hydrogens is 386 g/mol. The van der Waals surface area contributed by atoms with E-state index in [-0.39, 0.29) is 23.6 Å². The zero-order valence-corrected chi connectivity index (χ0v) is 15.5. The Kier molecular flexibility index (Phi) is 5.80. The van der Waals surface area contributed by atoms with Crippen LogP contribution in [0.1, 0.15) is 0 Å². The molecule has 0 unspecified atom stereocenters. The van der Waals surface area contributed by atoms with Gasteiger partial charge in [0.05, 0.1) is 22.2 Å². The van der Waals surface area contributed by atoms with Gasteiger partial charge in [-0.05, 0) is 18.2 Å². The lowest BCUT2D eigenvalue weighted by Crippen LogP contribution is -2.23. The van der Waals surface area contributed by atoms with E-state index in [1.165, 1.54) is 23.8 Å². The maximum atomic E-state index is 12.2. The third-order valence-corrected chi connectivity index (χ3v) is 4.78. The van der Waals surface area contributed by atoms with Gasteiger partial charge in [0.25, 0.3) is 11.6 Å². The molecule has 0 bridgehead atoms. The van der Waals surface area contributed by atoms with E-state index >= 15 is 0 Å². The largest absolute Gasteiger partial charge is 0.484 e. The molecule has 0 saturated carbocycles. The third kappa shape index (κ3) is 4.41. The Labute approximate surface area is 162 Å². The summed E-state index contributed by atoms with van der Waals surface area (Å²) in [5, 5.41) is 11.1. The molecule has 0 fully saturated rings. The van der Waals surface area contributed by atoms with Crippen molar-refractivity contribution in [2.24, 2.45) is 4.99 Å². The topological polar surface area (TPSA) is 113 Å². The zero-order valence-electron chi connectivity index (χ0n) is 14.7. The summed E-state index contributed by atoms with van der Waals surface area (Å²) in [6, 6.07) is 13.0. The van der Waals surface area contributed by atoms with Crippen LogP contribution in [0.3, 0.4) is 0 Å². The maximum absolute atomic E-state index is 12.2. The fourth-order valence-electron chi connectivity index (χ4n) is 2.40. The highest BCUT2D eigenvalue weighted by Crippen LogP contribution is 2.23. The van der Waals surface area contributed by atoms with Crippen LogP contribution < -0.4 is 9.54 Å². The van der Waals surface area contributed by atoms with E-state index in [1.807, 2.05) is 6.07 Å². The number of nitrogens with zero attached hydrogens (tertiary/aromatic N) is 3. The van der Waals surface area contributed by atoms with E-state index < -0.39 is 16.8 Å². The lowest BCUT2D eigenvalue weighted by Gasteiger charge is -2.04. The highest BCUT2D eigenvalue weighted by Gasteiger charge is 2.15. The van der Waals surface area contributed by atoms with Crippen LogP contribution in [0.4, 0.5) is 5.69 Å². The van der Waals surface area contributed by atoms with E-state index in [0.29, 0.717) is 16.0 Å². The summed E-state index contributed by atoms with van der Waals surface area (Å²) in [4.78, 5) is 38.7. The molecule has 1 heterocycles. The number of fused-ring (bicyclic) bond motifs is 1. The number of nitro benzene ring substituents is 1. The molecule has 3 rings (SSSR count). The molecule has 3 aromatic rings. The van der Waals surface area contributed by atoms with Crippen LogP contribution in [-0.2, 0) is 20.9 Å². The van der Waals surface area contributed by atoms with Crippen LogP contribution in [0.25, 0.3) is 10.2 Å². The van der Waals surface area contributed by atoms with Gasteiger partial charge in [-0.15, -0.1) is 0 Å². The number of amides is 1. The molecule has 0 atom stereocenters. The fourth-order valence-corrected chi connectivity index (χ4v) is 3.43. The summed E-state index contributed by atoms with van der Waals surface area (Å²) in [5.74, 6) is -0.593. The maximum Gasteiger partial charge on any atom is 0.325 e. The molecule has 0 saturated heterocycles. The number of thiazole rings is 1. The van der Waals surface area contributed by atoms with Crippen LogP contribution in [0.5, 0.6) is 5.75 Å². The molecular formula is C18H15N3O6S. The molecule has 0 radical (unpaired) electrons. The quantitative estimate of drug-likeness (QED) is 0.356. The van der Waals surface area contributed by atoms with E-state index in [2.05, 4.69) is 9.73 Å². The van der Waals surface area contributed by atoms with Crippen LogP contribution in [0.15, 0.2) is 53.5 Å². The van der Waals surface area contributed by atoms with Crippen LogP contribution in [0, 0.1) is 10.1 Å². The normalized spacial score (nSPS) is 11.4. The molecule has 0 spiro atoms. The lowest BCUT2D eigenvalue weighted by molar-refractivity contribution is -0.384. The predicted molar refractivity (Wildman–Crippen MR) is 101 cm³/mol. The number of esters is 1. The molecule has 0 aliphatic rings. The second kappa shape index (κ2) is 8.44. The second-order valence-electron chi connectivity index (χ2n) is 5.56. The summed E-state index contributed by atoms with van der Waals surface area (Å²) in [6.45, 7) is -0.514. The number of ether oxygens (including phenoxy) is 2. The fraction of sp³-hybridized carbons (Fsp3) is 0.167. The molecule has 144 valence electrons. The molecule has 1 aromatic heterocycles. The first-order chi connectivity index (χ1) is 13.5. The number of methoxy groups -OCH3 is 1. The van der Waals surface area contributed by atoms with E-state index in [9.17, 15) is 19.7 Å². The smallest absolute Gasteiger partial charge is 0.325 e. The van der Waals surface area contributed by atoms with Crippen molar-refractivity contribution in [3.63, 3.8) is 0 Å². The third-order valence-electron chi connectivity index (χ3n) is 3.72. The van der Waals surface area contributed by atoms with Gasteiger partial charge < -0.3 is 14.0 Å². The van der Waals surface area contributed by atoms with Crippen molar-refractivity contribution in [3.8, 4) is 5.75 Å². The Balaban J connectivity index is 1.96. The monoisotopic (exact) mass is 401 g/mol. The molecule has 1 amide bonds. The first kappa shape index (κ1) is 19.2. The van der Waals surface area contributed by atoms with E-state index in [4.69, 9.17) is 4.74 Å². The number of nitro groups is 1. The molecule has 2 aromatic carbocycles. The van der Waals surface area contributed by atoms with Crippen LogP contribution >= 0.6 is 11.3 Å². The molecule has 28 heavy (non-hydrogen) atoms. The van der Waals surface area contributed by atoms with Gasteiger partial charge in [0, 0.05) is 12.1 Å². The summed E-state index contributed by atoms with van der Waals surface area (Å²) in [7, 11) is 1.23. The first-order valence-corrected chi connectivity index (χ1v) is 8.89. The number of para-hydroxylation sites is 1. The SMILES string of the molecule is COC(=O)Cn1c(=NC(=O)COc2ccccc2)sc2ccc([N+](=O)[O-])cc21. The molecule has 10 heteroatoms. The van der Waals surface area contributed by atoms with Crippen molar-refractivity contribution in [2.45, 2.75) is 6.54 Å². The standard InChI is InChI=1S/C18H15N3O6S/c1-26-17(23)10-20-14-9-12(21(24)25)7-8-15(14)28-18(20)19-16(22)11-27-13-5-3-2-4-6-13/h2-9H,10-11H2,1H3. The highest BCUT2D eigenvalue weighted by molar-refractivity contribution is 7.16. The molecule has 0 aliphatic heterocycles. The predicted octanol–water partition coefficient (Wildman–Crippen LogP) is 2.29. The van der Waals surface area contributed by atoms with Gasteiger partial charge in [-0.3, -0.25) is 19.7 Å². The molecule has 0 N–H and O–H groups in total. The van der Waals surface area contributed by atoms with Gasteiger partial charge in [-0.25, -0.2) is 0 Å². The van der Waals surface area contributed by atoms with Crippen LogP contribution in [0.2, 0.25) is 0 Å². The highest BCUT2D eigenvalue weighted by atomic mass is 32.1. The summed E-state index contributed by atoms with van der Waals surface area (Å²) >= 11 is 1.14. The van der Waals surface area contributed by atoms with Crippen molar-refractivity contribution < 1.29 is 24.0 Å². The van der Waals surface area contributed by atoms with Crippen molar-refractivity contribution >= 4 is 39.1 Å². The minimum Gasteiger partial charge on any atom is -0.484 e. The number of non-ortho nitro benzene ring substituents is 1. The number of carbonyl (C=O) groups excluding carboxylic acids is 2. The van der Waals surface area contributed by atoms with Gasteiger partial charge in [0.1, 0.15) is 12.3 Å². The van der Waals surface area contributed by atoms with Gasteiger partial charge >= 0.3 is 5.97 Å². The second-order valence-corrected chi connectivity index (χ2v) is 6.57. The van der Waals surface area contributed by atoms with E-state index in [0.717, 1.165) is 11.3 Å². The van der Waals surface area contributed by atoms with Crippen molar-refractivity contribution in [2.75, 3.05) is 13.7 Å². The summed E-state index contributed by atoms with van der Waals surface area (Å²) in [6.07, 6.45) is 0. The average Bonchev–Trinajstić information content (AvgIpc) is 3.03. The summed E-state index contributed by atoms with van der Waals surface area (Å²) in [5.41, 5.74) is 0.286. The molecule has 9 nitrogen and oxygen atoms in total. The van der Waals surface area contributed by atoms with Gasteiger partial charge in [-0.2, -0.15) is 4.99 Å². The van der Waals surface area contributed by atoms with E-state index in [1.54, 1.807) is 30.3 Å². The Morgan fingerprint density at radius 3 is 2.64 bits per heavy atom. The number of benzene rings is 2. The Morgan fingerprint density at radius 1 is 1.21 bits per heavy atom. The van der Waals surface area contributed by atoms with Gasteiger partial charge in [0.2, 0.25) is 0 Å². The number of hydrogen-bond acceptors (Lipinski definition) is 7. The number of carbonyl (C=O) groups is 2. The zero-order chi connectivity index (χ0) is 20.1. The number of rotatable bonds is 6. The molecule has 0 aliphatic carbocycles. The van der Waals surface area contributed by atoms with Crippen molar-refractivity contribution in [3.05, 3.63) is 63.4 Å². The van der Waals surface area contributed by atoms with Crippen LogP contribution in [-0.4, -0.2) is 35.1 Å². The number of aromatic nitrogens is 1. The summed E-state index contributed by atoms with van der Waals surface area (Å²) < 4.78 is 12.1. The minimum atomic E-state index is -0.569. The van der Waals surface area contributed by atoms with Crippen molar-refractivity contribution in [1.29, 1.82) is 0 Å². The van der Waals surface area contributed by atoms with Gasteiger partial charge in [0.15, 0.2) is 11.4 Å². The Bertz CT molecular complexity index is 1100. The van der Waals surface area contributed by atoms with Gasteiger partial charge in [-0.1, -0.05) is 29.5 Å². The average molecular weight is 401 g/mol. The Morgan fingerprint density at radius 2 is 1.96 bits per heavy atom. The van der Waals surface area contributed by atoms with Crippen molar-refractivity contribution in [1.82, 2.24) is 4.57 Å². The Hall–Kier alpha value is -3.53. The minimum absolute atomic E-state index is 0.130. The number of hydrogen-bond donors (Lipinski definition) is 0.